The second-order valence-corrected chi connectivity index (χ2v) is 9.07. The molecule has 2 amide bonds. The molecule has 1 aromatic carbocycles. The van der Waals surface area contributed by atoms with Gasteiger partial charge in [-0.15, -0.1) is 11.6 Å². The predicted octanol–water partition coefficient (Wildman–Crippen LogP) is 0.386. The molecule has 1 saturated heterocycles. The van der Waals surface area contributed by atoms with Crippen molar-refractivity contribution in [3.63, 3.8) is 0 Å². The molecule has 0 radical (unpaired) electrons. The third-order valence-electron chi connectivity index (χ3n) is 3.79. The van der Waals surface area contributed by atoms with Crippen LogP contribution in [0, 0.1) is 6.92 Å². The van der Waals surface area contributed by atoms with E-state index < -0.39 is 21.3 Å². The monoisotopic (exact) mass is 387 g/mol. The van der Waals surface area contributed by atoms with E-state index in [1.54, 1.807) is 24.1 Å². The molecule has 0 spiro atoms. The van der Waals surface area contributed by atoms with Crippen LogP contribution in [0.1, 0.15) is 5.56 Å². The Labute approximate surface area is 152 Å². The Morgan fingerprint density at radius 1 is 1.16 bits per heavy atom. The van der Waals surface area contributed by atoms with Gasteiger partial charge in [-0.25, -0.2) is 8.42 Å². The summed E-state index contributed by atoms with van der Waals surface area (Å²) in [6.45, 7) is 1.97. The number of hydrogen-bond donors (Lipinski definition) is 2. The first-order valence-electron chi connectivity index (χ1n) is 7.83. The molecule has 0 unspecified atom stereocenters. The van der Waals surface area contributed by atoms with Crippen molar-refractivity contribution in [2.75, 3.05) is 37.0 Å². The van der Waals surface area contributed by atoms with Crippen LogP contribution in [0.5, 0.6) is 0 Å². The Balaban J connectivity index is 1.77. The van der Waals surface area contributed by atoms with Gasteiger partial charge in [0.25, 0.3) is 0 Å². The van der Waals surface area contributed by atoms with Gasteiger partial charge in [0.1, 0.15) is 0 Å². The van der Waals surface area contributed by atoms with Crippen LogP contribution in [0.4, 0.5) is 5.69 Å². The zero-order valence-corrected chi connectivity index (χ0v) is 15.7. The summed E-state index contributed by atoms with van der Waals surface area (Å²) in [7, 11) is -1.56. The molecule has 2 rings (SSSR count). The number of halogens is 1. The zero-order valence-electron chi connectivity index (χ0n) is 14.2. The van der Waals surface area contributed by atoms with Crippen molar-refractivity contribution in [3.8, 4) is 0 Å². The zero-order chi connectivity index (χ0) is 18.6. The molecule has 0 bridgehead atoms. The van der Waals surface area contributed by atoms with Crippen molar-refractivity contribution < 1.29 is 18.0 Å². The highest BCUT2D eigenvalue weighted by Crippen LogP contribution is 2.17. The lowest BCUT2D eigenvalue weighted by Gasteiger charge is -2.19. The standard InChI is InChI=1S/C16H22ClN3O4S/c1-11-3-5-12(6-4-11)18-15(21)7-20(2)8-16(22)19-14-10-25(23,24)9-13(14)17/h3-6,13-14H,7-10H2,1-2H3,(H,18,21)(H,19,22)/t13-,14+/m0/s1. The van der Waals surface area contributed by atoms with E-state index in [-0.39, 0.29) is 36.4 Å². The van der Waals surface area contributed by atoms with Crippen LogP contribution < -0.4 is 10.6 Å². The first kappa shape index (κ1) is 19.7. The Morgan fingerprint density at radius 2 is 1.76 bits per heavy atom. The summed E-state index contributed by atoms with van der Waals surface area (Å²) in [4.78, 5) is 25.5. The number of hydrogen-bond acceptors (Lipinski definition) is 5. The number of aryl methyl sites for hydroxylation is 1. The number of carbonyl (C=O) groups excluding carboxylic acids is 2. The maximum absolute atomic E-state index is 12.0. The average molecular weight is 388 g/mol. The number of benzene rings is 1. The average Bonchev–Trinajstić information content (AvgIpc) is 2.73. The van der Waals surface area contributed by atoms with Gasteiger partial charge in [0, 0.05) is 5.69 Å². The van der Waals surface area contributed by atoms with E-state index in [4.69, 9.17) is 11.6 Å². The van der Waals surface area contributed by atoms with Crippen molar-refractivity contribution in [1.29, 1.82) is 0 Å². The minimum atomic E-state index is -3.20. The van der Waals surface area contributed by atoms with Crippen LogP contribution in [0.15, 0.2) is 24.3 Å². The molecule has 1 heterocycles. The van der Waals surface area contributed by atoms with Crippen LogP contribution in [-0.2, 0) is 19.4 Å². The number of nitrogens with zero attached hydrogens (tertiary/aromatic N) is 1. The smallest absolute Gasteiger partial charge is 0.238 e. The highest BCUT2D eigenvalue weighted by molar-refractivity contribution is 7.91. The van der Waals surface area contributed by atoms with Crippen molar-refractivity contribution in [3.05, 3.63) is 29.8 Å². The van der Waals surface area contributed by atoms with Gasteiger partial charge in [0.05, 0.1) is 36.0 Å². The number of anilines is 1. The van der Waals surface area contributed by atoms with Gasteiger partial charge < -0.3 is 10.6 Å². The summed E-state index contributed by atoms with van der Waals surface area (Å²) in [5.74, 6) is -0.880. The Morgan fingerprint density at radius 3 is 2.32 bits per heavy atom. The highest BCUT2D eigenvalue weighted by atomic mass is 35.5. The van der Waals surface area contributed by atoms with E-state index >= 15 is 0 Å². The molecular formula is C16H22ClN3O4S. The summed E-state index contributed by atoms with van der Waals surface area (Å²) >= 11 is 5.96. The summed E-state index contributed by atoms with van der Waals surface area (Å²) in [5, 5.41) is 4.75. The molecule has 0 aromatic heterocycles. The number of alkyl halides is 1. The summed E-state index contributed by atoms with van der Waals surface area (Å²) in [6, 6.07) is 6.81. The minimum Gasteiger partial charge on any atom is -0.350 e. The maximum atomic E-state index is 12.0. The van der Waals surface area contributed by atoms with Crippen LogP contribution in [0.2, 0.25) is 0 Å². The second kappa shape index (κ2) is 8.16. The van der Waals surface area contributed by atoms with Gasteiger partial charge in [-0.3, -0.25) is 14.5 Å². The quantitative estimate of drug-likeness (QED) is 0.688. The molecule has 2 N–H and O–H groups in total. The third-order valence-corrected chi connectivity index (χ3v) is 6.17. The number of rotatable bonds is 6. The lowest BCUT2D eigenvalue weighted by atomic mass is 10.2. The van der Waals surface area contributed by atoms with Crippen molar-refractivity contribution in [2.45, 2.75) is 18.3 Å². The summed E-state index contributed by atoms with van der Waals surface area (Å²) in [6.07, 6.45) is 0. The molecule has 2 atom stereocenters. The van der Waals surface area contributed by atoms with E-state index in [0.717, 1.165) is 5.56 Å². The normalized spacial score (nSPS) is 21.9. The van der Waals surface area contributed by atoms with E-state index in [9.17, 15) is 18.0 Å². The summed E-state index contributed by atoms with van der Waals surface area (Å²) < 4.78 is 23.0. The largest absolute Gasteiger partial charge is 0.350 e. The third kappa shape index (κ3) is 6.30. The molecule has 1 aliphatic rings. The van der Waals surface area contributed by atoms with Crippen molar-refractivity contribution >= 4 is 38.9 Å². The van der Waals surface area contributed by atoms with Crippen LogP contribution in [0.25, 0.3) is 0 Å². The van der Waals surface area contributed by atoms with E-state index in [1.165, 1.54) is 0 Å². The first-order valence-corrected chi connectivity index (χ1v) is 10.1. The lowest BCUT2D eigenvalue weighted by Crippen LogP contribution is -2.46. The molecule has 1 aliphatic heterocycles. The topological polar surface area (TPSA) is 95.6 Å². The van der Waals surface area contributed by atoms with Crippen molar-refractivity contribution in [2.24, 2.45) is 0 Å². The SMILES string of the molecule is Cc1ccc(NC(=O)CN(C)CC(=O)N[C@@H]2CS(=O)(=O)C[C@@H]2Cl)cc1. The number of carbonyl (C=O) groups is 2. The van der Waals surface area contributed by atoms with Crippen LogP contribution in [-0.4, -0.2) is 68.2 Å². The Kier molecular flexibility index (Phi) is 6.42. The molecular weight excluding hydrogens is 366 g/mol. The van der Waals surface area contributed by atoms with Gasteiger partial charge >= 0.3 is 0 Å². The van der Waals surface area contributed by atoms with Gasteiger partial charge in [0.2, 0.25) is 11.8 Å². The van der Waals surface area contributed by atoms with Gasteiger partial charge in [-0.1, -0.05) is 17.7 Å². The van der Waals surface area contributed by atoms with Crippen molar-refractivity contribution in [1.82, 2.24) is 10.2 Å². The minimum absolute atomic E-state index is 0.0263. The molecule has 138 valence electrons. The van der Waals surface area contributed by atoms with Gasteiger partial charge in [-0.05, 0) is 26.1 Å². The second-order valence-electron chi connectivity index (χ2n) is 6.35. The molecule has 7 nitrogen and oxygen atoms in total. The molecule has 25 heavy (non-hydrogen) atoms. The van der Waals surface area contributed by atoms with E-state index in [2.05, 4.69) is 10.6 Å². The number of likely N-dealkylation sites (N-methyl/N-ethyl adjacent to an activating group) is 1. The highest BCUT2D eigenvalue weighted by Gasteiger charge is 2.37. The number of sulfone groups is 1. The fourth-order valence-electron chi connectivity index (χ4n) is 2.57. The molecule has 0 aliphatic carbocycles. The van der Waals surface area contributed by atoms with E-state index in [0.29, 0.717) is 5.69 Å². The summed E-state index contributed by atoms with van der Waals surface area (Å²) in [5.41, 5.74) is 1.79. The van der Waals surface area contributed by atoms with E-state index in [1.807, 2.05) is 19.1 Å². The van der Waals surface area contributed by atoms with Gasteiger partial charge in [-0.2, -0.15) is 0 Å². The Bertz CT molecular complexity index is 736. The number of amides is 2. The van der Waals surface area contributed by atoms with Gasteiger partial charge in [0.15, 0.2) is 9.84 Å². The number of nitrogens with one attached hydrogen (secondary N) is 2. The molecule has 1 fully saturated rings. The lowest BCUT2D eigenvalue weighted by molar-refractivity contribution is -0.123. The van der Waals surface area contributed by atoms with Crippen LogP contribution >= 0.6 is 11.6 Å². The predicted molar refractivity (Wildman–Crippen MR) is 97.5 cm³/mol. The molecule has 0 saturated carbocycles. The fraction of sp³-hybridized carbons (Fsp3) is 0.500. The molecule has 1 aromatic rings. The van der Waals surface area contributed by atoms with Crippen LogP contribution in [0.3, 0.4) is 0 Å². The Hall–Kier alpha value is -1.64. The first-order chi connectivity index (χ1) is 11.6. The maximum Gasteiger partial charge on any atom is 0.238 e. The molecule has 9 heteroatoms. The fourth-order valence-corrected chi connectivity index (χ4v) is 5.12.